The molecule has 0 aliphatic carbocycles. The van der Waals surface area contributed by atoms with E-state index in [1.807, 2.05) is 0 Å². The van der Waals surface area contributed by atoms with Gasteiger partial charge in [0.1, 0.15) is 5.72 Å². The van der Waals surface area contributed by atoms with E-state index in [2.05, 4.69) is 5.32 Å². The number of nitrogens with two attached hydrogens (primary N) is 1. The van der Waals surface area contributed by atoms with Crippen molar-refractivity contribution in [2.24, 2.45) is 11.7 Å². The van der Waals surface area contributed by atoms with Gasteiger partial charge in [-0.3, -0.25) is 19.7 Å². The Labute approximate surface area is 198 Å². The Bertz CT molecular complexity index is 357. The standard InChI is InChI=1S/C10H18N2O7.3Na.3H/c11-1-2-12-10(19,5-9(17)18)6(3-7(13)14)4-8(15)16;;;;;;/h6,12,19H,1-5,11H2,(H,13,14)(H,15,16)(H,17,18);;;;;;/q;3*+1;3*-1. The zero-order valence-electron chi connectivity index (χ0n) is 16.2. The zero-order chi connectivity index (χ0) is 15.1. The topological polar surface area (TPSA) is 170 Å². The van der Waals surface area contributed by atoms with Crippen molar-refractivity contribution in [3.63, 3.8) is 0 Å². The Morgan fingerprint density at radius 3 is 1.68 bits per heavy atom. The summed E-state index contributed by atoms with van der Waals surface area (Å²) in [6, 6.07) is 0. The summed E-state index contributed by atoms with van der Waals surface area (Å²) < 4.78 is 0. The number of aliphatic carboxylic acids is 3. The van der Waals surface area contributed by atoms with Gasteiger partial charge in [0.2, 0.25) is 0 Å². The van der Waals surface area contributed by atoms with Gasteiger partial charge in [-0.1, -0.05) is 0 Å². The molecule has 0 aliphatic rings. The van der Waals surface area contributed by atoms with Crippen LogP contribution in [0, 0.1) is 5.92 Å². The molecule has 0 radical (unpaired) electrons. The number of aliphatic hydroxyl groups is 1. The van der Waals surface area contributed by atoms with E-state index >= 15 is 0 Å². The van der Waals surface area contributed by atoms with Crippen LogP contribution in [0.5, 0.6) is 0 Å². The van der Waals surface area contributed by atoms with Gasteiger partial charge < -0.3 is 30.4 Å². The third-order valence-corrected chi connectivity index (χ3v) is 2.51. The number of nitrogens with one attached hydrogen (secondary N) is 1. The summed E-state index contributed by atoms with van der Waals surface area (Å²) in [4.78, 5) is 32.1. The molecule has 9 nitrogen and oxygen atoms in total. The van der Waals surface area contributed by atoms with Crippen LogP contribution in [0.3, 0.4) is 0 Å². The van der Waals surface area contributed by atoms with Crippen LogP contribution >= 0.6 is 0 Å². The third-order valence-electron chi connectivity index (χ3n) is 2.51. The molecule has 0 aromatic carbocycles. The first-order chi connectivity index (χ1) is 8.71. The van der Waals surface area contributed by atoms with Crippen molar-refractivity contribution >= 4 is 17.9 Å². The zero-order valence-corrected chi connectivity index (χ0v) is 19.2. The van der Waals surface area contributed by atoms with Crippen LogP contribution in [-0.4, -0.2) is 57.1 Å². The number of hydrogen-bond acceptors (Lipinski definition) is 6. The van der Waals surface area contributed by atoms with E-state index in [1.165, 1.54) is 0 Å². The molecule has 0 rings (SSSR count). The Kier molecular flexibility index (Phi) is 22.3. The molecule has 7 N–H and O–H groups in total. The Hall–Kier alpha value is 1.29. The maximum Gasteiger partial charge on any atom is 1.00 e. The molecule has 0 aromatic heterocycles. The van der Waals surface area contributed by atoms with E-state index < -0.39 is 48.8 Å². The number of rotatable bonds is 10. The van der Waals surface area contributed by atoms with Crippen LogP contribution < -0.4 is 99.7 Å². The first kappa shape index (κ1) is 31.1. The van der Waals surface area contributed by atoms with E-state index in [4.69, 9.17) is 21.1 Å². The van der Waals surface area contributed by atoms with Crippen LogP contribution in [0.25, 0.3) is 0 Å². The second kappa shape index (κ2) is 15.8. The number of carboxylic acid groups (broad SMARTS) is 3. The second-order valence-electron chi connectivity index (χ2n) is 4.10. The van der Waals surface area contributed by atoms with Gasteiger partial charge in [-0.15, -0.1) is 0 Å². The van der Waals surface area contributed by atoms with Crippen LogP contribution in [0.15, 0.2) is 0 Å². The van der Waals surface area contributed by atoms with Crippen molar-refractivity contribution in [1.29, 1.82) is 0 Å². The minimum atomic E-state index is -2.14. The van der Waals surface area contributed by atoms with Crippen LogP contribution in [0.1, 0.15) is 23.5 Å². The molecule has 22 heavy (non-hydrogen) atoms. The van der Waals surface area contributed by atoms with Crippen molar-refractivity contribution in [2.75, 3.05) is 13.1 Å². The molecule has 0 saturated carbocycles. The molecule has 116 valence electrons. The molecule has 0 aromatic rings. The summed E-state index contributed by atoms with van der Waals surface area (Å²) in [6.07, 6.45) is -2.17. The van der Waals surface area contributed by atoms with Gasteiger partial charge in [0.25, 0.3) is 0 Å². The van der Waals surface area contributed by atoms with Crippen molar-refractivity contribution in [3.05, 3.63) is 0 Å². The minimum Gasteiger partial charge on any atom is -1.00 e. The summed E-state index contributed by atoms with van der Waals surface area (Å²) in [5.74, 6) is -5.33. The minimum absolute atomic E-state index is 0. The van der Waals surface area contributed by atoms with Crippen LogP contribution in [-0.2, 0) is 14.4 Å². The molecule has 0 amide bonds. The van der Waals surface area contributed by atoms with Crippen molar-refractivity contribution in [3.8, 4) is 0 Å². The average Bonchev–Trinajstić information content (AvgIpc) is 2.23. The second-order valence-corrected chi connectivity index (χ2v) is 4.10. The predicted octanol–water partition coefficient (Wildman–Crippen LogP) is -10.4. The maximum atomic E-state index is 10.7. The molecular weight excluding hydrogens is 329 g/mol. The molecule has 1 atom stereocenters. The summed E-state index contributed by atoms with van der Waals surface area (Å²) >= 11 is 0. The molecule has 0 bridgehead atoms. The van der Waals surface area contributed by atoms with Crippen molar-refractivity contribution in [1.82, 2.24) is 5.32 Å². The molecule has 0 aliphatic heterocycles. The fraction of sp³-hybridized carbons (Fsp3) is 0.700. The quantitative estimate of drug-likeness (QED) is 0.165. The van der Waals surface area contributed by atoms with Gasteiger partial charge in [0.05, 0.1) is 19.3 Å². The van der Waals surface area contributed by atoms with Gasteiger partial charge in [-0.05, 0) is 0 Å². The molecule has 1 unspecified atom stereocenters. The van der Waals surface area contributed by atoms with Crippen LogP contribution in [0.4, 0.5) is 0 Å². The third kappa shape index (κ3) is 13.7. The number of carboxylic acids is 3. The SMILES string of the molecule is NCCNC(O)(CC(=O)O)C(CC(=O)O)CC(=O)O.[H-].[H-].[H-].[Na+].[Na+].[Na+]. The number of hydrogen-bond donors (Lipinski definition) is 6. The Morgan fingerprint density at radius 1 is 1.00 bits per heavy atom. The number of carbonyl (C=O) groups is 3. The van der Waals surface area contributed by atoms with Gasteiger partial charge >= 0.3 is 107 Å². The summed E-state index contributed by atoms with van der Waals surface area (Å²) in [6.45, 7) is 0.105. The van der Waals surface area contributed by atoms with E-state index in [0.717, 1.165) is 0 Å². The normalized spacial score (nSPS) is 12.1. The van der Waals surface area contributed by atoms with Gasteiger partial charge in [-0.2, -0.15) is 0 Å². The first-order valence-corrected chi connectivity index (χ1v) is 5.54. The van der Waals surface area contributed by atoms with E-state index in [9.17, 15) is 19.5 Å². The maximum absolute atomic E-state index is 10.7. The van der Waals surface area contributed by atoms with Gasteiger partial charge in [0.15, 0.2) is 0 Å². The molecular formula is C10H21N2Na3O7. The fourth-order valence-electron chi connectivity index (χ4n) is 1.70. The van der Waals surface area contributed by atoms with E-state index in [0.29, 0.717) is 0 Å². The summed E-state index contributed by atoms with van der Waals surface area (Å²) in [5.41, 5.74) is 3.08. The Morgan fingerprint density at radius 2 is 1.41 bits per heavy atom. The van der Waals surface area contributed by atoms with Gasteiger partial charge in [0, 0.05) is 19.0 Å². The monoisotopic (exact) mass is 350 g/mol. The van der Waals surface area contributed by atoms with Crippen molar-refractivity contribution in [2.45, 2.75) is 25.0 Å². The Balaban J connectivity index is -0.000000108. The average molecular weight is 350 g/mol. The molecule has 12 heteroatoms. The molecule has 0 fully saturated rings. The summed E-state index contributed by atoms with van der Waals surface area (Å²) in [7, 11) is 0. The van der Waals surface area contributed by atoms with Gasteiger partial charge in [-0.25, -0.2) is 0 Å². The predicted molar refractivity (Wildman–Crippen MR) is 65.6 cm³/mol. The van der Waals surface area contributed by atoms with Crippen LogP contribution in [0.2, 0.25) is 0 Å². The first-order valence-electron chi connectivity index (χ1n) is 5.54. The van der Waals surface area contributed by atoms with E-state index in [1.54, 1.807) is 0 Å². The summed E-state index contributed by atoms with van der Waals surface area (Å²) in [5, 5.41) is 38.8. The molecule has 0 saturated heterocycles. The van der Waals surface area contributed by atoms with Crippen molar-refractivity contribution < 1.29 is 128 Å². The smallest absolute Gasteiger partial charge is 1.00 e. The van der Waals surface area contributed by atoms with E-state index in [-0.39, 0.29) is 106 Å². The molecule has 0 spiro atoms. The molecule has 0 heterocycles. The largest absolute Gasteiger partial charge is 1.00 e. The fourth-order valence-corrected chi connectivity index (χ4v) is 1.70.